The van der Waals surface area contributed by atoms with Crippen molar-refractivity contribution in [3.05, 3.63) is 95.6 Å². The molecule has 2 amide bonds. The third-order valence-corrected chi connectivity index (χ3v) is 4.35. The lowest BCUT2D eigenvalue weighted by atomic mass is 10.1. The first-order chi connectivity index (χ1) is 13.7. The van der Waals surface area contributed by atoms with Crippen molar-refractivity contribution < 1.29 is 19.1 Å². The monoisotopic (exact) mass is 374 g/mol. The zero-order valence-corrected chi connectivity index (χ0v) is 14.9. The zero-order chi connectivity index (χ0) is 19.3. The molecule has 0 aliphatic carbocycles. The van der Waals surface area contributed by atoms with Crippen LogP contribution < -0.4 is 20.1 Å². The number of hydrogen-bond acceptors (Lipinski definition) is 4. The molecule has 1 aliphatic rings. The smallest absolute Gasteiger partial charge is 0.253 e. The Labute approximate surface area is 162 Å². The van der Waals surface area contributed by atoms with Crippen molar-refractivity contribution in [3.63, 3.8) is 0 Å². The third-order valence-electron chi connectivity index (χ3n) is 4.35. The molecule has 2 N–H and O–H groups in total. The van der Waals surface area contributed by atoms with Gasteiger partial charge in [0.2, 0.25) is 6.79 Å². The fraction of sp³-hybridized carbons (Fsp3) is 0.0909. The number of carbonyl (C=O) groups is 2. The Morgan fingerprint density at radius 2 is 1.25 bits per heavy atom. The van der Waals surface area contributed by atoms with Crippen molar-refractivity contribution in [2.24, 2.45) is 0 Å². The van der Waals surface area contributed by atoms with E-state index in [1.165, 1.54) is 0 Å². The molecule has 4 rings (SSSR count). The molecule has 28 heavy (non-hydrogen) atoms. The summed E-state index contributed by atoms with van der Waals surface area (Å²) < 4.78 is 10.8. The second-order valence-electron chi connectivity index (χ2n) is 6.22. The lowest BCUT2D eigenvalue weighted by molar-refractivity contribution is 0.0883. The van der Waals surface area contributed by atoms with Crippen molar-refractivity contribution in [2.75, 3.05) is 6.79 Å². The second-order valence-corrected chi connectivity index (χ2v) is 6.22. The summed E-state index contributed by atoms with van der Waals surface area (Å²) in [5.41, 5.74) is 1.68. The fourth-order valence-electron chi connectivity index (χ4n) is 2.90. The second kappa shape index (κ2) is 7.84. The van der Waals surface area contributed by atoms with Gasteiger partial charge in [-0.15, -0.1) is 0 Å². The standard InChI is InChI=1S/C22H18N2O4/c25-21(15-7-3-1-4-8-15)23-20(24-22(26)16-9-5-2-6-10-16)17-11-12-18-19(13-17)28-14-27-18/h1-13,20H,14H2,(H,23,25)(H,24,26). The molecule has 0 saturated carbocycles. The topological polar surface area (TPSA) is 76.7 Å². The average Bonchev–Trinajstić information content (AvgIpc) is 3.22. The van der Waals surface area contributed by atoms with Crippen molar-refractivity contribution >= 4 is 11.8 Å². The Bertz CT molecular complexity index is 936. The lowest BCUT2D eigenvalue weighted by Gasteiger charge is -2.21. The summed E-state index contributed by atoms with van der Waals surface area (Å²) in [7, 11) is 0. The van der Waals surface area contributed by atoms with Crippen LogP contribution in [0, 0.1) is 0 Å². The van der Waals surface area contributed by atoms with Crippen molar-refractivity contribution in [3.8, 4) is 11.5 Å². The molecule has 0 spiro atoms. The predicted octanol–water partition coefficient (Wildman–Crippen LogP) is 3.27. The summed E-state index contributed by atoms with van der Waals surface area (Å²) in [6, 6.07) is 23.0. The van der Waals surface area contributed by atoms with Crippen LogP contribution in [0.25, 0.3) is 0 Å². The number of benzene rings is 3. The molecule has 0 fully saturated rings. The number of hydrogen-bond donors (Lipinski definition) is 2. The lowest BCUT2D eigenvalue weighted by Crippen LogP contribution is -2.41. The molecule has 6 heteroatoms. The van der Waals surface area contributed by atoms with E-state index in [0.717, 1.165) is 0 Å². The predicted molar refractivity (Wildman–Crippen MR) is 103 cm³/mol. The molecule has 6 nitrogen and oxygen atoms in total. The number of fused-ring (bicyclic) bond motifs is 1. The molecule has 0 unspecified atom stereocenters. The first kappa shape index (κ1) is 17.6. The van der Waals surface area contributed by atoms with Crippen LogP contribution in [0.2, 0.25) is 0 Å². The minimum Gasteiger partial charge on any atom is -0.454 e. The van der Waals surface area contributed by atoms with E-state index < -0.39 is 6.17 Å². The number of nitrogens with one attached hydrogen (secondary N) is 2. The minimum absolute atomic E-state index is 0.149. The van der Waals surface area contributed by atoms with Crippen LogP contribution in [0.15, 0.2) is 78.9 Å². The third kappa shape index (κ3) is 3.81. The Kier molecular flexibility index (Phi) is 4.93. The van der Waals surface area contributed by atoms with Crippen LogP contribution in [-0.4, -0.2) is 18.6 Å². The maximum Gasteiger partial charge on any atom is 0.253 e. The van der Waals surface area contributed by atoms with Gasteiger partial charge in [0, 0.05) is 11.1 Å². The van der Waals surface area contributed by atoms with E-state index >= 15 is 0 Å². The van der Waals surface area contributed by atoms with Crippen molar-refractivity contribution in [1.29, 1.82) is 0 Å². The highest BCUT2D eigenvalue weighted by Gasteiger charge is 2.22. The van der Waals surface area contributed by atoms with Gasteiger partial charge in [0.15, 0.2) is 11.5 Å². The molecule has 0 radical (unpaired) electrons. The van der Waals surface area contributed by atoms with Crippen LogP contribution >= 0.6 is 0 Å². The first-order valence-corrected chi connectivity index (χ1v) is 8.82. The number of rotatable bonds is 5. The summed E-state index contributed by atoms with van der Waals surface area (Å²) >= 11 is 0. The molecule has 0 aromatic heterocycles. The van der Waals surface area contributed by atoms with Gasteiger partial charge in [-0.05, 0) is 42.0 Å². The first-order valence-electron chi connectivity index (χ1n) is 8.82. The van der Waals surface area contributed by atoms with Gasteiger partial charge in [-0.1, -0.05) is 42.5 Å². The van der Waals surface area contributed by atoms with Crippen LogP contribution in [-0.2, 0) is 0 Å². The highest BCUT2D eigenvalue weighted by Crippen LogP contribution is 2.34. The van der Waals surface area contributed by atoms with Gasteiger partial charge in [0.1, 0.15) is 6.17 Å². The van der Waals surface area contributed by atoms with Gasteiger partial charge in [0.05, 0.1) is 0 Å². The number of ether oxygens (including phenoxy) is 2. The summed E-state index contributed by atoms with van der Waals surface area (Å²) in [4.78, 5) is 25.3. The van der Waals surface area contributed by atoms with E-state index in [2.05, 4.69) is 10.6 Å². The van der Waals surface area contributed by atoms with Crippen molar-refractivity contribution in [2.45, 2.75) is 6.17 Å². The summed E-state index contributed by atoms with van der Waals surface area (Å²) in [5, 5.41) is 5.75. The normalized spacial score (nSPS) is 11.9. The van der Waals surface area contributed by atoms with E-state index in [9.17, 15) is 9.59 Å². The highest BCUT2D eigenvalue weighted by atomic mass is 16.7. The summed E-state index contributed by atoms with van der Waals surface area (Å²) in [6.07, 6.45) is -0.741. The largest absolute Gasteiger partial charge is 0.454 e. The van der Waals surface area contributed by atoms with Gasteiger partial charge in [-0.2, -0.15) is 0 Å². The van der Waals surface area contributed by atoms with E-state index in [0.29, 0.717) is 28.2 Å². The van der Waals surface area contributed by atoms with Gasteiger partial charge in [-0.3, -0.25) is 9.59 Å². The Morgan fingerprint density at radius 1 is 0.714 bits per heavy atom. The molecule has 3 aromatic rings. The Balaban J connectivity index is 1.61. The number of amides is 2. The molecule has 0 saturated heterocycles. The molecule has 140 valence electrons. The minimum atomic E-state index is -0.741. The van der Waals surface area contributed by atoms with E-state index in [1.54, 1.807) is 66.7 Å². The number of carbonyl (C=O) groups excluding carboxylic acids is 2. The molecule has 3 aromatic carbocycles. The summed E-state index contributed by atoms with van der Waals surface area (Å²) in [5.74, 6) is 0.616. The van der Waals surface area contributed by atoms with Crippen LogP contribution in [0.5, 0.6) is 11.5 Å². The van der Waals surface area contributed by atoms with E-state index in [4.69, 9.17) is 9.47 Å². The van der Waals surface area contributed by atoms with E-state index in [-0.39, 0.29) is 18.6 Å². The molecule has 1 heterocycles. The Morgan fingerprint density at radius 3 is 1.82 bits per heavy atom. The fourth-order valence-corrected chi connectivity index (χ4v) is 2.90. The van der Waals surface area contributed by atoms with Crippen LogP contribution in [0.1, 0.15) is 32.4 Å². The molecular formula is C22H18N2O4. The van der Waals surface area contributed by atoms with Gasteiger partial charge in [0.25, 0.3) is 11.8 Å². The van der Waals surface area contributed by atoms with Crippen LogP contribution in [0.3, 0.4) is 0 Å². The summed E-state index contributed by atoms with van der Waals surface area (Å²) in [6.45, 7) is 0.149. The van der Waals surface area contributed by atoms with Gasteiger partial charge >= 0.3 is 0 Å². The van der Waals surface area contributed by atoms with Gasteiger partial charge < -0.3 is 20.1 Å². The maximum absolute atomic E-state index is 12.7. The SMILES string of the molecule is O=C(NC(NC(=O)c1ccccc1)c1ccc2c(c1)OCO2)c1ccccc1. The Hall–Kier alpha value is -3.80. The van der Waals surface area contributed by atoms with Gasteiger partial charge in [-0.25, -0.2) is 0 Å². The quantitative estimate of drug-likeness (QED) is 0.672. The molecule has 1 aliphatic heterocycles. The van der Waals surface area contributed by atoms with Crippen LogP contribution in [0.4, 0.5) is 0 Å². The highest BCUT2D eigenvalue weighted by molar-refractivity contribution is 5.96. The maximum atomic E-state index is 12.7. The van der Waals surface area contributed by atoms with E-state index in [1.807, 2.05) is 12.1 Å². The average molecular weight is 374 g/mol. The molecule has 0 bridgehead atoms. The zero-order valence-electron chi connectivity index (χ0n) is 14.9. The molecular weight excluding hydrogens is 356 g/mol. The van der Waals surface area contributed by atoms with Crippen molar-refractivity contribution in [1.82, 2.24) is 10.6 Å². The molecule has 0 atom stereocenters.